The minimum atomic E-state index is -3.59. The molecule has 0 radical (unpaired) electrons. The van der Waals surface area contributed by atoms with Crippen LogP contribution in [0, 0.1) is 0 Å². The summed E-state index contributed by atoms with van der Waals surface area (Å²) in [5.41, 5.74) is -0.620. The van der Waals surface area contributed by atoms with Crippen LogP contribution >= 0.6 is 15.9 Å². The van der Waals surface area contributed by atoms with Gasteiger partial charge in [-0.15, -0.1) is 0 Å². The first-order chi connectivity index (χ1) is 9.24. The van der Waals surface area contributed by atoms with Crippen molar-refractivity contribution < 1.29 is 18.3 Å². The first-order valence-electron chi connectivity index (χ1n) is 6.29. The van der Waals surface area contributed by atoms with Crippen LogP contribution in [0.2, 0.25) is 0 Å². The first-order valence-corrected chi connectivity index (χ1v) is 8.52. The van der Waals surface area contributed by atoms with E-state index < -0.39 is 21.7 Å². The van der Waals surface area contributed by atoms with Crippen LogP contribution < -0.4 is 0 Å². The fourth-order valence-corrected chi connectivity index (χ4v) is 4.52. The number of nitrogens with zero attached hydrogens (tertiary/aromatic N) is 1. The molecule has 0 amide bonds. The molecule has 1 fully saturated rings. The number of aliphatic hydroxyl groups is 1. The van der Waals surface area contributed by atoms with E-state index in [2.05, 4.69) is 15.9 Å². The average molecular weight is 364 g/mol. The maximum Gasteiger partial charge on any atom is 0.243 e. The van der Waals surface area contributed by atoms with Crippen LogP contribution in [-0.4, -0.2) is 49.2 Å². The van der Waals surface area contributed by atoms with Gasteiger partial charge in [-0.25, -0.2) is 8.42 Å². The van der Waals surface area contributed by atoms with Gasteiger partial charge in [0.1, 0.15) is 0 Å². The van der Waals surface area contributed by atoms with Gasteiger partial charge in [-0.3, -0.25) is 0 Å². The number of aliphatic hydroxyl groups excluding tert-OH is 1. The van der Waals surface area contributed by atoms with Crippen molar-refractivity contribution in [2.45, 2.75) is 30.4 Å². The molecule has 5 nitrogen and oxygen atoms in total. The van der Waals surface area contributed by atoms with Crippen LogP contribution in [0.3, 0.4) is 0 Å². The van der Waals surface area contributed by atoms with Gasteiger partial charge in [-0.05, 0) is 32.0 Å². The van der Waals surface area contributed by atoms with Crippen LogP contribution in [-0.2, 0) is 14.8 Å². The number of benzene rings is 1. The zero-order chi connectivity index (χ0) is 15.0. The molecule has 0 aliphatic carbocycles. The Kier molecular flexibility index (Phi) is 4.56. The monoisotopic (exact) mass is 363 g/mol. The molecule has 1 heterocycles. The van der Waals surface area contributed by atoms with Crippen LogP contribution in [0.25, 0.3) is 0 Å². The molecule has 0 aromatic heterocycles. The van der Waals surface area contributed by atoms with Gasteiger partial charge < -0.3 is 9.84 Å². The highest BCUT2D eigenvalue weighted by molar-refractivity contribution is 9.10. The predicted octanol–water partition coefficient (Wildman–Crippen LogP) is 1.61. The summed E-state index contributed by atoms with van der Waals surface area (Å²) in [5, 5.41) is 9.27. The molecule has 1 atom stereocenters. The summed E-state index contributed by atoms with van der Waals surface area (Å²) in [4.78, 5) is 0.237. The van der Waals surface area contributed by atoms with Gasteiger partial charge in [-0.2, -0.15) is 4.31 Å². The summed E-state index contributed by atoms with van der Waals surface area (Å²) < 4.78 is 33.0. The number of hydrogen-bond acceptors (Lipinski definition) is 4. The lowest BCUT2D eigenvalue weighted by atomic mass is 10.1. The predicted molar refractivity (Wildman–Crippen MR) is 78.9 cm³/mol. The Morgan fingerprint density at radius 3 is 2.80 bits per heavy atom. The smallest absolute Gasteiger partial charge is 0.243 e. The molecule has 0 saturated carbocycles. The third kappa shape index (κ3) is 3.40. The Hall–Kier alpha value is -0.470. The van der Waals surface area contributed by atoms with E-state index >= 15 is 0 Å². The van der Waals surface area contributed by atoms with E-state index in [0.717, 1.165) is 0 Å². The van der Waals surface area contributed by atoms with E-state index in [1.807, 2.05) is 13.8 Å². The SMILES string of the molecule is CC1(C)CN(S(=O)(=O)c2cccc(Br)c2)CC(CO)O1. The lowest BCUT2D eigenvalue weighted by molar-refractivity contribution is -0.131. The van der Waals surface area contributed by atoms with E-state index in [-0.39, 0.29) is 24.6 Å². The molecule has 7 heteroatoms. The minimum Gasteiger partial charge on any atom is -0.394 e. The molecule has 1 unspecified atom stereocenters. The molecule has 2 rings (SSSR count). The zero-order valence-electron chi connectivity index (χ0n) is 11.4. The Morgan fingerprint density at radius 2 is 2.20 bits per heavy atom. The first kappa shape index (κ1) is 15.9. The summed E-state index contributed by atoms with van der Waals surface area (Å²) >= 11 is 3.28. The topological polar surface area (TPSA) is 66.8 Å². The molecule has 0 bridgehead atoms. The van der Waals surface area contributed by atoms with Crippen molar-refractivity contribution >= 4 is 26.0 Å². The summed E-state index contributed by atoms with van der Waals surface area (Å²) in [7, 11) is -3.59. The second-order valence-electron chi connectivity index (χ2n) is 5.44. The molecule has 1 aliphatic rings. The number of ether oxygens (including phenoxy) is 1. The van der Waals surface area contributed by atoms with Crippen LogP contribution in [0.4, 0.5) is 0 Å². The summed E-state index contributed by atoms with van der Waals surface area (Å²) in [5.74, 6) is 0. The lowest BCUT2D eigenvalue weighted by Crippen LogP contribution is -2.55. The number of morpholine rings is 1. The maximum absolute atomic E-state index is 12.7. The molecule has 0 spiro atoms. The average Bonchev–Trinajstić information content (AvgIpc) is 2.36. The van der Waals surface area contributed by atoms with E-state index in [9.17, 15) is 13.5 Å². The molecule has 1 N–H and O–H groups in total. The number of hydrogen-bond donors (Lipinski definition) is 1. The van der Waals surface area contributed by atoms with Crippen molar-refractivity contribution in [3.05, 3.63) is 28.7 Å². The Balaban J connectivity index is 2.33. The summed E-state index contributed by atoms with van der Waals surface area (Å²) in [6, 6.07) is 6.60. The Bertz CT molecular complexity index is 588. The summed E-state index contributed by atoms with van der Waals surface area (Å²) in [6.07, 6.45) is -0.499. The van der Waals surface area contributed by atoms with Crippen molar-refractivity contribution in [3.8, 4) is 0 Å². The fraction of sp³-hybridized carbons (Fsp3) is 0.538. The normalized spacial score (nSPS) is 23.7. The van der Waals surface area contributed by atoms with Gasteiger partial charge in [0.25, 0.3) is 0 Å². The second-order valence-corrected chi connectivity index (χ2v) is 8.29. The van der Waals surface area contributed by atoms with Crippen molar-refractivity contribution in [1.82, 2.24) is 4.31 Å². The quantitative estimate of drug-likeness (QED) is 0.885. The van der Waals surface area contributed by atoms with Crippen LogP contribution in [0.15, 0.2) is 33.6 Å². The van der Waals surface area contributed by atoms with Crippen molar-refractivity contribution in [3.63, 3.8) is 0 Å². The highest BCUT2D eigenvalue weighted by Crippen LogP contribution is 2.27. The zero-order valence-corrected chi connectivity index (χ0v) is 13.8. The van der Waals surface area contributed by atoms with Gasteiger partial charge in [0.2, 0.25) is 10.0 Å². The van der Waals surface area contributed by atoms with Gasteiger partial charge >= 0.3 is 0 Å². The number of halogens is 1. The van der Waals surface area contributed by atoms with Crippen LogP contribution in [0.1, 0.15) is 13.8 Å². The summed E-state index contributed by atoms with van der Waals surface area (Å²) in [6.45, 7) is 3.86. The molecular formula is C13H18BrNO4S. The molecule has 1 saturated heterocycles. The van der Waals surface area contributed by atoms with Crippen molar-refractivity contribution in [2.75, 3.05) is 19.7 Å². The van der Waals surface area contributed by atoms with Gasteiger partial charge in [0, 0.05) is 17.6 Å². The maximum atomic E-state index is 12.7. The highest BCUT2D eigenvalue weighted by Gasteiger charge is 2.39. The van der Waals surface area contributed by atoms with Gasteiger partial charge in [-0.1, -0.05) is 22.0 Å². The van der Waals surface area contributed by atoms with E-state index in [1.165, 1.54) is 4.31 Å². The van der Waals surface area contributed by atoms with E-state index in [1.54, 1.807) is 24.3 Å². The van der Waals surface area contributed by atoms with Gasteiger partial charge in [0.05, 0.1) is 23.2 Å². The molecule has 1 aromatic rings. The van der Waals surface area contributed by atoms with Crippen molar-refractivity contribution in [2.24, 2.45) is 0 Å². The lowest BCUT2D eigenvalue weighted by Gasteiger charge is -2.41. The molecule has 1 aromatic carbocycles. The standard InChI is InChI=1S/C13H18BrNO4S/c1-13(2)9-15(7-11(8-16)19-13)20(17,18)12-5-3-4-10(14)6-12/h3-6,11,16H,7-9H2,1-2H3. The Morgan fingerprint density at radius 1 is 1.50 bits per heavy atom. The Labute approximate surface area is 127 Å². The van der Waals surface area contributed by atoms with E-state index in [4.69, 9.17) is 4.74 Å². The molecule has 1 aliphatic heterocycles. The third-order valence-electron chi connectivity index (χ3n) is 3.09. The number of sulfonamides is 1. The van der Waals surface area contributed by atoms with Gasteiger partial charge in [0.15, 0.2) is 0 Å². The molecule has 112 valence electrons. The van der Waals surface area contributed by atoms with E-state index in [0.29, 0.717) is 4.47 Å². The largest absolute Gasteiger partial charge is 0.394 e. The van der Waals surface area contributed by atoms with Crippen LogP contribution in [0.5, 0.6) is 0 Å². The second kappa shape index (κ2) is 5.73. The van der Waals surface area contributed by atoms with Crippen molar-refractivity contribution in [1.29, 1.82) is 0 Å². The molecule has 20 heavy (non-hydrogen) atoms. The minimum absolute atomic E-state index is 0.161. The fourth-order valence-electron chi connectivity index (χ4n) is 2.30. The number of rotatable bonds is 3. The molecular weight excluding hydrogens is 346 g/mol. The highest BCUT2D eigenvalue weighted by atomic mass is 79.9. The third-order valence-corrected chi connectivity index (χ3v) is 5.39.